The molecule has 1 amide bonds. The molecule has 0 radical (unpaired) electrons. The van der Waals surface area contributed by atoms with Crippen molar-refractivity contribution >= 4 is 11.7 Å². The number of ketones is 1. The number of hydrogen-bond acceptors (Lipinski definition) is 2. The molecule has 0 heterocycles. The lowest BCUT2D eigenvalue weighted by atomic mass is 10.1. The zero-order valence-electron chi connectivity index (χ0n) is 13.0. The molecule has 0 aromatic rings. The van der Waals surface area contributed by atoms with Gasteiger partial charge in [0.25, 0.3) is 0 Å². The van der Waals surface area contributed by atoms with Crippen molar-refractivity contribution in [1.29, 1.82) is 0 Å². The van der Waals surface area contributed by atoms with E-state index in [0.717, 1.165) is 57.9 Å². The summed E-state index contributed by atoms with van der Waals surface area (Å²) in [7, 11) is 1.90. The van der Waals surface area contributed by atoms with Crippen LogP contribution in [-0.2, 0) is 9.59 Å². The number of carbonyl (C=O) groups excluding carboxylic acids is 2. The number of unbranched alkanes of at least 4 members (excludes halogenated alkanes) is 5. The Balaban J connectivity index is 3.38. The minimum atomic E-state index is 0.273. The summed E-state index contributed by atoms with van der Waals surface area (Å²) in [6.07, 6.45) is 9.65. The summed E-state index contributed by atoms with van der Waals surface area (Å²) in [6.45, 7) is 4.94. The van der Waals surface area contributed by atoms with Gasteiger partial charge in [-0.3, -0.25) is 9.59 Å². The second-order valence-electron chi connectivity index (χ2n) is 5.33. The molecular formula is C16H31NO2. The molecular weight excluding hydrogens is 238 g/mol. The van der Waals surface area contributed by atoms with Crippen LogP contribution >= 0.6 is 0 Å². The summed E-state index contributed by atoms with van der Waals surface area (Å²) in [5, 5.41) is 0. The van der Waals surface area contributed by atoms with Crippen LogP contribution in [0.5, 0.6) is 0 Å². The lowest BCUT2D eigenvalue weighted by Crippen LogP contribution is -2.27. The van der Waals surface area contributed by atoms with E-state index in [1.165, 1.54) is 0 Å². The van der Waals surface area contributed by atoms with E-state index in [1.807, 2.05) is 18.9 Å². The summed E-state index contributed by atoms with van der Waals surface area (Å²) >= 11 is 0. The van der Waals surface area contributed by atoms with Gasteiger partial charge in [0.05, 0.1) is 0 Å². The maximum atomic E-state index is 11.7. The van der Waals surface area contributed by atoms with Gasteiger partial charge in [-0.05, 0) is 19.3 Å². The molecule has 0 bridgehead atoms. The zero-order chi connectivity index (χ0) is 14.5. The summed E-state index contributed by atoms with van der Waals surface area (Å²) in [4.78, 5) is 24.7. The highest BCUT2D eigenvalue weighted by Gasteiger charge is 2.07. The average molecular weight is 269 g/mol. The van der Waals surface area contributed by atoms with Gasteiger partial charge in [-0.1, -0.05) is 39.5 Å². The summed E-state index contributed by atoms with van der Waals surface area (Å²) < 4.78 is 0. The van der Waals surface area contributed by atoms with Gasteiger partial charge in [-0.2, -0.15) is 0 Å². The number of hydrogen-bond donors (Lipinski definition) is 0. The van der Waals surface area contributed by atoms with Gasteiger partial charge in [0, 0.05) is 32.9 Å². The van der Waals surface area contributed by atoms with Crippen LogP contribution < -0.4 is 0 Å². The second kappa shape index (κ2) is 12.2. The van der Waals surface area contributed by atoms with Crippen molar-refractivity contribution in [3.8, 4) is 0 Å². The molecule has 3 nitrogen and oxygen atoms in total. The predicted octanol–water partition coefficient (Wildman–Crippen LogP) is 3.95. The van der Waals surface area contributed by atoms with Gasteiger partial charge in [-0.15, -0.1) is 0 Å². The Morgan fingerprint density at radius 2 is 1.42 bits per heavy atom. The molecule has 0 fully saturated rings. The van der Waals surface area contributed by atoms with Gasteiger partial charge in [0.1, 0.15) is 5.78 Å². The van der Waals surface area contributed by atoms with E-state index in [-0.39, 0.29) is 5.91 Å². The molecule has 0 atom stereocenters. The van der Waals surface area contributed by atoms with Crippen molar-refractivity contribution in [2.45, 2.75) is 78.1 Å². The van der Waals surface area contributed by atoms with Crippen LogP contribution in [0.15, 0.2) is 0 Å². The van der Waals surface area contributed by atoms with E-state index in [0.29, 0.717) is 18.6 Å². The minimum Gasteiger partial charge on any atom is -0.346 e. The molecule has 0 aromatic heterocycles. The van der Waals surface area contributed by atoms with E-state index in [9.17, 15) is 9.59 Å². The van der Waals surface area contributed by atoms with Crippen LogP contribution in [0.3, 0.4) is 0 Å². The molecule has 3 heteroatoms. The average Bonchev–Trinajstić information content (AvgIpc) is 2.42. The van der Waals surface area contributed by atoms with Crippen molar-refractivity contribution in [2.24, 2.45) is 0 Å². The normalized spacial score (nSPS) is 10.5. The fourth-order valence-electron chi connectivity index (χ4n) is 2.02. The predicted molar refractivity (Wildman–Crippen MR) is 80.2 cm³/mol. The first kappa shape index (κ1) is 18.1. The minimum absolute atomic E-state index is 0.273. The quantitative estimate of drug-likeness (QED) is 0.503. The highest BCUT2D eigenvalue weighted by atomic mass is 16.2. The van der Waals surface area contributed by atoms with Gasteiger partial charge in [0.2, 0.25) is 5.91 Å². The largest absolute Gasteiger partial charge is 0.346 e. The van der Waals surface area contributed by atoms with E-state index >= 15 is 0 Å². The number of nitrogens with zero attached hydrogens (tertiary/aromatic N) is 1. The second-order valence-corrected chi connectivity index (χ2v) is 5.33. The lowest BCUT2D eigenvalue weighted by Gasteiger charge is -2.16. The molecule has 0 saturated carbocycles. The van der Waals surface area contributed by atoms with Gasteiger partial charge in [0.15, 0.2) is 0 Å². The van der Waals surface area contributed by atoms with Crippen LogP contribution in [0.2, 0.25) is 0 Å². The van der Waals surface area contributed by atoms with Crippen LogP contribution in [0.25, 0.3) is 0 Å². The Morgan fingerprint density at radius 3 is 2.00 bits per heavy atom. The van der Waals surface area contributed by atoms with E-state index in [1.54, 1.807) is 0 Å². The Kier molecular flexibility index (Phi) is 11.6. The van der Waals surface area contributed by atoms with E-state index in [4.69, 9.17) is 0 Å². The number of amides is 1. The molecule has 0 aliphatic carbocycles. The van der Waals surface area contributed by atoms with Crippen molar-refractivity contribution in [2.75, 3.05) is 13.6 Å². The summed E-state index contributed by atoms with van der Waals surface area (Å²) in [5.74, 6) is 0.641. The topological polar surface area (TPSA) is 37.4 Å². The third-order valence-electron chi connectivity index (χ3n) is 3.51. The molecule has 0 aliphatic rings. The van der Waals surface area contributed by atoms with Crippen molar-refractivity contribution < 1.29 is 9.59 Å². The Labute approximate surface area is 118 Å². The van der Waals surface area contributed by atoms with Gasteiger partial charge >= 0.3 is 0 Å². The Morgan fingerprint density at radius 1 is 0.842 bits per heavy atom. The standard InChI is InChI=1S/C16H31NO2/c1-4-6-14-17(3)16(19)13-11-9-7-8-10-12-15(18)5-2/h4-14H2,1-3H3. The Hall–Kier alpha value is -0.860. The molecule has 0 rings (SSSR count). The highest BCUT2D eigenvalue weighted by molar-refractivity contribution is 5.77. The first-order valence-corrected chi connectivity index (χ1v) is 7.87. The van der Waals surface area contributed by atoms with Gasteiger partial charge in [-0.25, -0.2) is 0 Å². The molecule has 0 N–H and O–H groups in total. The van der Waals surface area contributed by atoms with E-state index in [2.05, 4.69) is 6.92 Å². The zero-order valence-corrected chi connectivity index (χ0v) is 13.0. The molecule has 0 saturated heterocycles. The maximum absolute atomic E-state index is 11.7. The molecule has 0 aromatic carbocycles. The summed E-state index contributed by atoms with van der Waals surface area (Å²) in [6, 6.07) is 0. The van der Waals surface area contributed by atoms with Crippen LogP contribution in [0, 0.1) is 0 Å². The first-order valence-electron chi connectivity index (χ1n) is 7.87. The Bertz CT molecular complexity index is 251. The number of carbonyl (C=O) groups is 2. The molecule has 0 unspecified atom stereocenters. The van der Waals surface area contributed by atoms with Crippen LogP contribution in [0.1, 0.15) is 78.1 Å². The van der Waals surface area contributed by atoms with Crippen molar-refractivity contribution in [1.82, 2.24) is 4.90 Å². The molecule has 0 spiro atoms. The number of Topliss-reactive ketones (excluding diaryl/α,β-unsaturated/α-hetero) is 1. The first-order chi connectivity index (χ1) is 9.11. The SMILES string of the molecule is CCCCN(C)C(=O)CCCCCCCC(=O)CC. The van der Waals surface area contributed by atoms with Crippen molar-refractivity contribution in [3.05, 3.63) is 0 Å². The maximum Gasteiger partial charge on any atom is 0.222 e. The van der Waals surface area contributed by atoms with E-state index < -0.39 is 0 Å². The third-order valence-corrected chi connectivity index (χ3v) is 3.51. The van der Waals surface area contributed by atoms with Gasteiger partial charge < -0.3 is 4.90 Å². The lowest BCUT2D eigenvalue weighted by molar-refractivity contribution is -0.130. The third kappa shape index (κ3) is 10.7. The smallest absolute Gasteiger partial charge is 0.222 e. The molecule has 0 aliphatic heterocycles. The van der Waals surface area contributed by atoms with Crippen LogP contribution in [0.4, 0.5) is 0 Å². The molecule has 19 heavy (non-hydrogen) atoms. The molecule has 112 valence electrons. The number of rotatable bonds is 12. The van der Waals surface area contributed by atoms with Crippen LogP contribution in [-0.4, -0.2) is 30.2 Å². The highest BCUT2D eigenvalue weighted by Crippen LogP contribution is 2.09. The van der Waals surface area contributed by atoms with Crippen molar-refractivity contribution in [3.63, 3.8) is 0 Å². The monoisotopic (exact) mass is 269 g/mol. The fraction of sp³-hybridized carbons (Fsp3) is 0.875. The fourth-order valence-corrected chi connectivity index (χ4v) is 2.02. The summed E-state index contributed by atoms with van der Waals surface area (Å²) in [5.41, 5.74) is 0.